The molecule has 1 rings (SSSR count). The first-order valence-electron chi connectivity index (χ1n) is 5.89. The second-order valence-corrected chi connectivity index (χ2v) is 3.97. The molecular weight excluding hydrogens is 232 g/mol. The van der Waals surface area contributed by atoms with Crippen LogP contribution >= 0.6 is 0 Å². The number of hydrogen-bond acceptors (Lipinski definition) is 5. The Balaban J connectivity index is 2.75. The van der Waals surface area contributed by atoms with Gasteiger partial charge in [0.05, 0.1) is 32.6 Å². The molecule has 2 N–H and O–H groups in total. The van der Waals surface area contributed by atoms with E-state index in [2.05, 4.69) is 10.5 Å². The first-order valence-corrected chi connectivity index (χ1v) is 5.89. The fourth-order valence-electron chi connectivity index (χ4n) is 1.35. The maximum absolute atomic E-state index is 8.59. The van der Waals surface area contributed by atoms with Crippen LogP contribution in [0.2, 0.25) is 0 Å². The van der Waals surface area contributed by atoms with Crippen molar-refractivity contribution in [2.24, 2.45) is 5.10 Å². The molecule has 5 nitrogen and oxygen atoms in total. The summed E-state index contributed by atoms with van der Waals surface area (Å²) >= 11 is 0. The summed E-state index contributed by atoms with van der Waals surface area (Å²) in [5, 5.41) is 12.6. The predicted octanol–water partition coefficient (Wildman–Crippen LogP) is 1.40. The Hall–Kier alpha value is -1.75. The van der Waals surface area contributed by atoms with E-state index in [-0.39, 0.29) is 12.7 Å². The third-order valence-corrected chi connectivity index (χ3v) is 2.08. The largest absolute Gasteiger partial charge is 0.493 e. The summed E-state index contributed by atoms with van der Waals surface area (Å²) in [6.07, 6.45) is 1.77. The molecule has 0 aliphatic heterocycles. The Kier molecular flexibility index (Phi) is 6.00. The van der Waals surface area contributed by atoms with Crippen LogP contribution in [0, 0.1) is 0 Å². The van der Waals surface area contributed by atoms with Gasteiger partial charge in [-0.05, 0) is 37.6 Å². The first-order chi connectivity index (χ1) is 8.67. The van der Waals surface area contributed by atoms with Crippen LogP contribution in [0.15, 0.2) is 23.3 Å². The summed E-state index contributed by atoms with van der Waals surface area (Å²) < 4.78 is 10.9. The van der Waals surface area contributed by atoms with E-state index in [0.29, 0.717) is 18.0 Å². The molecule has 0 heterocycles. The lowest BCUT2D eigenvalue weighted by atomic mass is 10.2. The van der Waals surface area contributed by atoms with E-state index in [1.807, 2.05) is 32.0 Å². The standard InChI is InChI=1S/C13H20N2O3/c1-10(2)18-12-5-4-11(8-13(12)17-3)9-15-14-6-7-16/h4-5,8-10,14,16H,6-7H2,1-3H3. The molecule has 18 heavy (non-hydrogen) atoms. The maximum atomic E-state index is 8.59. The van der Waals surface area contributed by atoms with E-state index < -0.39 is 0 Å². The molecule has 0 unspecified atom stereocenters. The molecule has 0 aliphatic rings. The summed E-state index contributed by atoms with van der Waals surface area (Å²) in [7, 11) is 1.60. The van der Waals surface area contributed by atoms with Gasteiger partial charge in [-0.3, -0.25) is 0 Å². The zero-order chi connectivity index (χ0) is 13.4. The highest BCUT2D eigenvalue weighted by Crippen LogP contribution is 2.28. The fraction of sp³-hybridized carbons (Fsp3) is 0.462. The minimum absolute atomic E-state index is 0.0574. The van der Waals surface area contributed by atoms with Crippen molar-refractivity contribution in [3.63, 3.8) is 0 Å². The zero-order valence-electron chi connectivity index (χ0n) is 11.0. The summed E-state index contributed by atoms with van der Waals surface area (Å²) in [6, 6.07) is 5.60. The van der Waals surface area contributed by atoms with E-state index in [1.165, 1.54) is 0 Å². The van der Waals surface area contributed by atoms with Gasteiger partial charge in [-0.25, -0.2) is 0 Å². The number of benzene rings is 1. The number of hydrazone groups is 1. The van der Waals surface area contributed by atoms with Crippen molar-refractivity contribution in [1.29, 1.82) is 0 Å². The average Bonchev–Trinajstić information content (AvgIpc) is 2.35. The smallest absolute Gasteiger partial charge is 0.161 e. The molecule has 0 atom stereocenters. The van der Waals surface area contributed by atoms with Gasteiger partial charge in [-0.2, -0.15) is 5.10 Å². The Bertz CT molecular complexity index is 392. The highest BCUT2D eigenvalue weighted by molar-refractivity contribution is 5.80. The second-order valence-electron chi connectivity index (χ2n) is 3.97. The van der Waals surface area contributed by atoms with E-state index in [4.69, 9.17) is 14.6 Å². The Morgan fingerprint density at radius 2 is 2.17 bits per heavy atom. The van der Waals surface area contributed by atoms with Gasteiger partial charge < -0.3 is 20.0 Å². The van der Waals surface area contributed by atoms with Gasteiger partial charge in [-0.15, -0.1) is 0 Å². The zero-order valence-corrected chi connectivity index (χ0v) is 11.0. The summed E-state index contributed by atoms with van der Waals surface area (Å²) in [4.78, 5) is 0. The quantitative estimate of drug-likeness (QED) is 0.437. The van der Waals surface area contributed by atoms with Crippen molar-refractivity contribution in [2.75, 3.05) is 20.3 Å². The summed E-state index contributed by atoms with van der Waals surface area (Å²) in [5.41, 5.74) is 3.61. The number of hydrogen-bond donors (Lipinski definition) is 2. The van der Waals surface area contributed by atoms with Crippen LogP contribution in [0.3, 0.4) is 0 Å². The van der Waals surface area contributed by atoms with Crippen molar-refractivity contribution >= 4 is 6.21 Å². The average molecular weight is 252 g/mol. The molecule has 0 amide bonds. The van der Waals surface area contributed by atoms with Gasteiger partial charge in [0.25, 0.3) is 0 Å². The lowest BCUT2D eigenvalue weighted by Crippen LogP contribution is -2.11. The van der Waals surface area contributed by atoms with Gasteiger partial charge in [0, 0.05) is 0 Å². The first kappa shape index (κ1) is 14.3. The Morgan fingerprint density at radius 1 is 1.39 bits per heavy atom. The molecule has 1 aromatic carbocycles. The monoisotopic (exact) mass is 252 g/mol. The Morgan fingerprint density at radius 3 is 2.78 bits per heavy atom. The number of aliphatic hydroxyl groups excluding tert-OH is 1. The predicted molar refractivity (Wildman–Crippen MR) is 71.4 cm³/mol. The van der Waals surface area contributed by atoms with E-state index in [0.717, 1.165) is 5.56 Å². The lowest BCUT2D eigenvalue weighted by Gasteiger charge is -2.13. The third kappa shape index (κ3) is 4.63. The molecule has 5 heteroatoms. The van der Waals surface area contributed by atoms with Gasteiger partial charge in [0.15, 0.2) is 11.5 Å². The minimum atomic E-state index is 0.0574. The molecule has 0 spiro atoms. The number of ether oxygens (including phenoxy) is 2. The fourth-order valence-corrected chi connectivity index (χ4v) is 1.35. The molecule has 0 aliphatic carbocycles. The number of methoxy groups -OCH3 is 1. The normalized spacial score (nSPS) is 10.9. The van der Waals surface area contributed by atoms with Crippen LogP contribution in [0.5, 0.6) is 11.5 Å². The molecule has 0 fully saturated rings. The van der Waals surface area contributed by atoms with E-state index >= 15 is 0 Å². The number of aliphatic hydroxyl groups is 1. The summed E-state index contributed by atoms with van der Waals surface area (Å²) in [6.45, 7) is 4.42. The molecule has 0 bridgehead atoms. The lowest BCUT2D eigenvalue weighted by molar-refractivity contribution is 0.230. The van der Waals surface area contributed by atoms with Crippen molar-refractivity contribution in [1.82, 2.24) is 5.43 Å². The van der Waals surface area contributed by atoms with Gasteiger partial charge in [0.1, 0.15) is 0 Å². The van der Waals surface area contributed by atoms with Crippen molar-refractivity contribution in [3.8, 4) is 11.5 Å². The maximum Gasteiger partial charge on any atom is 0.161 e. The molecule has 0 aromatic heterocycles. The second kappa shape index (κ2) is 7.55. The number of nitrogens with one attached hydrogen (secondary N) is 1. The van der Waals surface area contributed by atoms with Crippen LogP contribution in [0.25, 0.3) is 0 Å². The van der Waals surface area contributed by atoms with Crippen LogP contribution in [-0.4, -0.2) is 37.7 Å². The third-order valence-electron chi connectivity index (χ3n) is 2.08. The molecule has 1 aromatic rings. The van der Waals surface area contributed by atoms with E-state index in [1.54, 1.807) is 13.3 Å². The summed E-state index contributed by atoms with van der Waals surface area (Å²) in [5.74, 6) is 1.39. The number of rotatable bonds is 7. The van der Waals surface area contributed by atoms with Crippen molar-refractivity contribution in [2.45, 2.75) is 20.0 Å². The van der Waals surface area contributed by atoms with Gasteiger partial charge in [-0.1, -0.05) is 0 Å². The topological polar surface area (TPSA) is 63.1 Å². The highest BCUT2D eigenvalue weighted by Gasteiger charge is 2.06. The Labute approximate surface area is 107 Å². The van der Waals surface area contributed by atoms with Gasteiger partial charge >= 0.3 is 0 Å². The van der Waals surface area contributed by atoms with Crippen molar-refractivity contribution in [3.05, 3.63) is 23.8 Å². The molecule has 0 radical (unpaired) electrons. The highest BCUT2D eigenvalue weighted by atomic mass is 16.5. The van der Waals surface area contributed by atoms with Gasteiger partial charge in [0.2, 0.25) is 0 Å². The van der Waals surface area contributed by atoms with Crippen LogP contribution in [0.1, 0.15) is 19.4 Å². The van der Waals surface area contributed by atoms with Crippen molar-refractivity contribution < 1.29 is 14.6 Å². The molecule has 100 valence electrons. The number of nitrogens with zero attached hydrogens (tertiary/aromatic N) is 1. The van der Waals surface area contributed by atoms with Crippen LogP contribution in [-0.2, 0) is 0 Å². The van der Waals surface area contributed by atoms with Crippen LogP contribution < -0.4 is 14.9 Å². The van der Waals surface area contributed by atoms with Crippen LogP contribution in [0.4, 0.5) is 0 Å². The molecule has 0 saturated carbocycles. The minimum Gasteiger partial charge on any atom is -0.493 e. The SMILES string of the molecule is COc1cc(C=NNCCO)ccc1OC(C)C. The van der Waals surface area contributed by atoms with E-state index in [9.17, 15) is 0 Å². The molecule has 0 saturated heterocycles. The molecular formula is C13H20N2O3.